The van der Waals surface area contributed by atoms with E-state index in [0.29, 0.717) is 18.8 Å². The number of phenols is 1. The Labute approximate surface area is 172 Å². The third kappa shape index (κ3) is 6.67. The molecular weight excluding hydrogens is 394 g/mol. The maximum Gasteiger partial charge on any atom is 0.288 e. The zero-order valence-corrected chi connectivity index (χ0v) is 16.4. The number of aliphatic hydroxyl groups is 1. The van der Waals surface area contributed by atoms with E-state index in [1.807, 2.05) is 24.3 Å². The second-order valence-electron chi connectivity index (χ2n) is 6.53. The number of imide groups is 1. The van der Waals surface area contributed by atoms with Gasteiger partial charge >= 0.3 is 0 Å². The summed E-state index contributed by atoms with van der Waals surface area (Å²) in [6, 6.07) is 14.1. The topological polar surface area (TPSA) is 120 Å². The van der Waals surface area contributed by atoms with Crippen molar-refractivity contribution >= 4 is 28.6 Å². The molecule has 2 aromatic rings. The highest BCUT2D eigenvalue weighted by Gasteiger charge is 2.31. The van der Waals surface area contributed by atoms with Crippen LogP contribution in [-0.4, -0.2) is 52.5 Å². The monoisotopic (exact) mass is 417 g/mol. The van der Waals surface area contributed by atoms with E-state index in [4.69, 9.17) is 4.74 Å². The maximum absolute atomic E-state index is 11.6. The summed E-state index contributed by atoms with van der Waals surface area (Å²) >= 11 is 0.928. The van der Waals surface area contributed by atoms with Crippen LogP contribution in [0.25, 0.3) is 0 Å². The summed E-state index contributed by atoms with van der Waals surface area (Å²) in [5.74, 6) is 0.297. The average molecular weight is 417 g/mol. The smallest absolute Gasteiger partial charge is 0.288 e. The Bertz CT molecular complexity index is 846. The van der Waals surface area contributed by atoms with Crippen molar-refractivity contribution < 1.29 is 24.5 Å². The van der Waals surface area contributed by atoms with Gasteiger partial charge < -0.3 is 25.6 Å². The summed E-state index contributed by atoms with van der Waals surface area (Å²) in [4.78, 5) is 22.7. The van der Waals surface area contributed by atoms with Gasteiger partial charge in [0.2, 0.25) is 0 Å². The van der Waals surface area contributed by atoms with Crippen LogP contribution in [0.5, 0.6) is 11.5 Å². The van der Waals surface area contributed by atoms with E-state index < -0.39 is 11.5 Å². The number of aromatic hydroxyl groups is 1. The fourth-order valence-corrected chi connectivity index (χ4v) is 3.43. The summed E-state index contributed by atoms with van der Waals surface area (Å²) in [7, 11) is 0. The lowest BCUT2D eigenvalue weighted by Gasteiger charge is -2.14. The number of ether oxygens (including phenoxy) is 1. The molecule has 0 spiro atoms. The Morgan fingerprint density at radius 2 is 1.97 bits per heavy atom. The van der Waals surface area contributed by atoms with Crippen LogP contribution in [-0.2, 0) is 11.2 Å². The number of hydrogen-bond donors (Lipinski definition) is 5. The van der Waals surface area contributed by atoms with E-state index in [2.05, 4.69) is 16.0 Å². The first-order valence-corrected chi connectivity index (χ1v) is 10.0. The molecule has 29 heavy (non-hydrogen) atoms. The van der Waals surface area contributed by atoms with Crippen LogP contribution < -0.4 is 20.7 Å². The molecule has 8 nitrogen and oxygen atoms in total. The predicted molar refractivity (Wildman–Crippen MR) is 111 cm³/mol. The lowest BCUT2D eigenvalue weighted by Crippen LogP contribution is -2.32. The molecule has 154 valence electrons. The van der Waals surface area contributed by atoms with Crippen LogP contribution in [0.4, 0.5) is 10.5 Å². The normalized spacial score (nSPS) is 17.1. The number of nitrogens with one attached hydrogen (secondary N) is 3. The maximum atomic E-state index is 11.6. The first-order chi connectivity index (χ1) is 14.0. The Morgan fingerprint density at radius 1 is 1.17 bits per heavy atom. The van der Waals surface area contributed by atoms with Crippen molar-refractivity contribution in [3.8, 4) is 11.5 Å². The number of carbonyl (C=O) groups is 2. The lowest BCUT2D eigenvalue weighted by molar-refractivity contribution is -0.118. The van der Waals surface area contributed by atoms with Crippen LogP contribution in [0.3, 0.4) is 0 Å². The van der Waals surface area contributed by atoms with Gasteiger partial charge in [-0.2, -0.15) is 0 Å². The van der Waals surface area contributed by atoms with Gasteiger partial charge in [-0.25, -0.2) is 0 Å². The molecule has 0 bridgehead atoms. The molecule has 0 radical (unpaired) electrons. The van der Waals surface area contributed by atoms with Gasteiger partial charge in [0, 0.05) is 18.3 Å². The summed E-state index contributed by atoms with van der Waals surface area (Å²) in [6.45, 7) is 1.21. The van der Waals surface area contributed by atoms with Crippen molar-refractivity contribution in [3.05, 3.63) is 54.1 Å². The summed E-state index contributed by atoms with van der Waals surface area (Å²) in [5.41, 5.74) is 1.87. The number of anilines is 1. The minimum absolute atomic E-state index is 0.120. The molecule has 0 aliphatic carbocycles. The zero-order chi connectivity index (χ0) is 20.6. The number of aliphatic hydroxyl groups excluding tert-OH is 1. The van der Waals surface area contributed by atoms with Crippen molar-refractivity contribution in [1.29, 1.82) is 0 Å². The Hall–Kier alpha value is -2.75. The first-order valence-electron chi connectivity index (χ1n) is 9.17. The Morgan fingerprint density at radius 3 is 2.66 bits per heavy atom. The quantitative estimate of drug-likeness (QED) is 0.371. The van der Waals surface area contributed by atoms with Crippen LogP contribution in [0.1, 0.15) is 5.56 Å². The molecule has 2 unspecified atom stereocenters. The Kier molecular flexibility index (Phi) is 7.34. The number of amides is 2. The number of rotatable bonds is 10. The fourth-order valence-electron chi connectivity index (χ4n) is 2.70. The number of hydrogen-bond acceptors (Lipinski definition) is 8. The predicted octanol–water partition coefficient (Wildman–Crippen LogP) is 1.69. The van der Waals surface area contributed by atoms with Gasteiger partial charge in [-0.1, -0.05) is 18.2 Å². The molecular formula is C20H23N3O5S. The van der Waals surface area contributed by atoms with Crippen molar-refractivity contribution in [2.45, 2.75) is 17.9 Å². The molecule has 0 aromatic heterocycles. The highest BCUT2D eigenvalue weighted by molar-refractivity contribution is 8.15. The van der Waals surface area contributed by atoms with E-state index in [9.17, 15) is 19.8 Å². The van der Waals surface area contributed by atoms with Crippen molar-refractivity contribution in [3.63, 3.8) is 0 Å². The number of carbonyl (C=O) groups excluding carboxylic acids is 2. The van der Waals surface area contributed by atoms with E-state index >= 15 is 0 Å². The van der Waals surface area contributed by atoms with Gasteiger partial charge in [0.25, 0.3) is 11.1 Å². The molecule has 5 N–H and O–H groups in total. The third-order valence-electron chi connectivity index (χ3n) is 4.17. The highest BCUT2D eigenvalue weighted by atomic mass is 32.2. The molecule has 2 aromatic carbocycles. The van der Waals surface area contributed by atoms with Gasteiger partial charge in [-0.05, 0) is 54.6 Å². The van der Waals surface area contributed by atoms with Gasteiger partial charge in [-0.3, -0.25) is 14.9 Å². The van der Waals surface area contributed by atoms with Crippen LogP contribution in [0, 0.1) is 0 Å². The number of benzene rings is 2. The molecule has 1 saturated heterocycles. The standard InChI is InChI=1S/C20H23N3O5S/c24-15-2-1-3-17(10-15)28-12-16(25)11-21-9-8-13-4-6-14(7-5-13)22-19-18(26)23-20(27)29-19/h1-7,10,16,19,21-22,24-25H,8-9,11-12H2,(H,23,26,27). The molecule has 0 saturated carbocycles. The minimum Gasteiger partial charge on any atom is -0.508 e. The number of thioether (sulfide) groups is 1. The molecule has 3 rings (SSSR count). The van der Waals surface area contributed by atoms with Crippen LogP contribution >= 0.6 is 11.8 Å². The molecule has 9 heteroatoms. The van der Waals surface area contributed by atoms with E-state index in [1.165, 1.54) is 6.07 Å². The van der Waals surface area contributed by atoms with Crippen LogP contribution in [0.2, 0.25) is 0 Å². The molecule has 1 aliphatic rings. The van der Waals surface area contributed by atoms with Gasteiger partial charge in [0.15, 0.2) is 5.37 Å². The number of phenolic OH excluding ortho intramolecular Hbond substituents is 1. The average Bonchev–Trinajstić information content (AvgIpc) is 3.01. The second kappa shape index (κ2) is 10.1. The van der Waals surface area contributed by atoms with Gasteiger partial charge in [-0.15, -0.1) is 0 Å². The fraction of sp³-hybridized carbons (Fsp3) is 0.300. The highest BCUT2D eigenvalue weighted by Crippen LogP contribution is 2.22. The van der Waals surface area contributed by atoms with E-state index in [0.717, 1.165) is 29.4 Å². The molecule has 2 amide bonds. The molecule has 2 atom stereocenters. The van der Waals surface area contributed by atoms with Gasteiger partial charge in [0.05, 0.1) is 0 Å². The Balaban J connectivity index is 1.33. The summed E-state index contributed by atoms with van der Waals surface area (Å²) in [5, 5.41) is 26.8. The first kappa shape index (κ1) is 21.0. The summed E-state index contributed by atoms with van der Waals surface area (Å²) in [6.07, 6.45) is 0.110. The summed E-state index contributed by atoms with van der Waals surface area (Å²) < 4.78 is 5.44. The van der Waals surface area contributed by atoms with Crippen LogP contribution in [0.15, 0.2) is 48.5 Å². The molecule has 1 aliphatic heterocycles. The van der Waals surface area contributed by atoms with Crippen molar-refractivity contribution in [2.75, 3.05) is 25.0 Å². The van der Waals surface area contributed by atoms with Crippen molar-refractivity contribution in [1.82, 2.24) is 10.6 Å². The minimum atomic E-state index is -0.665. The SMILES string of the molecule is O=C1NC(=O)C(Nc2ccc(CCNCC(O)COc3cccc(O)c3)cc2)S1. The lowest BCUT2D eigenvalue weighted by atomic mass is 10.1. The largest absolute Gasteiger partial charge is 0.508 e. The van der Waals surface area contributed by atoms with Gasteiger partial charge in [0.1, 0.15) is 24.2 Å². The van der Waals surface area contributed by atoms with E-state index in [-0.39, 0.29) is 23.5 Å². The third-order valence-corrected chi connectivity index (χ3v) is 5.05. The molecule has 1 heterocycles. The van der Waals surface area contributed by atoms with Crippen molar-refractivity contribution in [2.24, 2.45) is 0 Å². The zero-order valence-electron chi connectivity index (χ0n) is 15.6. The molecule has 1 fully saturated rings. The second-order valence-corrected chi connectivity index (χ2v) is 7.61. The van der Waals surface area contributed by atoms with E-state index in [1.54, 1.807) is 18.2 Å².